The van der Waals surface area contributed by atoms with E-state index in [-0.39, 0.29) is 5.41 Å². The molecule has 162 valence electrons. The van der Waals surface area contributed by atoms with Crippen molar-refractivity contribution in [1.82, 2.24) is 0 Å². The molecule has 1 aromatic rings. The summed E-state index contributed by atoms with van der Waals surface area (Å²) >= 11 is 0. The zero-order chi connectivity index (χ0) is 21.1. The second-order valence-electron chi connectivity index (χ2n) is 11.9. The minimum Gasteiger partial charge on any atom is -0.390 e. The van der Waals surface area contributed by atoms with Gasteiger partial charge in [-0.25, -0.2) is 0 Å². The van der Waals surface area contributed by atoms with Crippen LogP contribution in [0.1, 0.15) is 83.3 Å². The van der Waals surface area contributed by atoms with E-state index < -0.39 is 5.60 Å². The second kappa shape index (κ2) is 7.09. The number of rotatable bonds is 3. The van der Waals surface area contributed by atoms with Crippen LogP contribution < -0.4 is 0 Å². The van der Waals surface area contributed by atoms with Gasteiger partial charge in [0.25, 0.3) is 0 Å². The van der Waals surface area contributed by atoms with Crippen molar-refractivity contribution in [3.63, 3.8) is 0 Å². The molecule has 1 aromatic carbocycles. The van der Waals surface area contributed by atoms with Crippen LogP contribution in [0, 0.1) is 35.5 Å². The lowest BCUT2D eigenvalue weighted by Crippen LogP contribution is -2.47. The summed E-state index contributed by atoms with van der Waals surface area (Å²) in [7, 11) is 0. The summed E-state index contributed by atoms with van der Waals surface area (Å²) in [6, 6.07) is 9.11. The minimum atomic E-state index is -0.506. The number of benzene rings is 1. The van der Waals surface area contributed by atoms with Gasteiger partial charge in [-0.1, -0.05) is 67.0 Å². The van der Waals surface area contributed by atoms with E-state index in [9.17, 15) is 5.11 Å². The van der Waals surface area contributed by atoms with Crippen molar-refractivity contribution in [2.24, 2.45) is 28.6 Å². The topological polar surface area (TPSA) is 20.2 Å². The first-order chi connectivity index (χ1) is 14.2. The maximum absolute atomic E-state index is 10.7. The van der Waals surface area contributed by atoms with E-state index in [2.05, 4.69) is 57.2 Å². The minimum absolute atomic E-state index is 0.285. The molecule has 1 N–H and O–H groups in total. The molecule has 1 heteroatoms. The van der Waals surface area contributed by atoms with Crippen molar-refractivity contribution in [3.05, 3.63) is 58.7 Å². The molecular formula is C29H40O. The van der Waals surface area contributed by atoms with Gasteiger partial charge in [-0.15, -0.1) is 0 Å². The molecule has 30 heavy (non-hydrogen) atoms. The van der Waals surface area contributed by atoms with Gasteiger partial charge in [0, 0.05) is 0 Å². The number of fused-ring (bicyclic) bond motifs is 5. The first-order valence-electron chi connectivity index (χ1n) is 12.4. The lowest BCUT2D eigenvalue weighted by molar-refractivity contribution is -0.00835. The van der Waals surface area contributed by atoms with E-state index in [0.29, 0.717) is 11.3 Å². The molecule has 5 rings (SSSR count). The van der Waals surface area contributed by atoms with E-state index in [1.54, 1.807) is 5.57 Å². The summed E-state index contributed by atoms with van der Waals surface area (Å²) in [5.74, 6) is 2.34. The molecule has 0 unspecified atom stereocenters. The Morgan fingerprint density at radius 1 is 0.967 bits per heavy atom. The molecule has 0 spiro atoms. The largest absolute Gasteiger partial charge is 0.390 e. The number of aliphatic hydroxyl groups is 1. The van der Waals surface area contributed by atoms with Crippen LogP contribution in [-0.2, 0) is 6.42 Å². The quantitative estimate of drug-likeness (QED) is 0.566. The average molecular weight is 405 g/mol. The first-order valence-corrected chi connectivity index (χ1v) is 12.4. The molecule has 4 aliphatic carbocycles. The van der Waals surface area contributed by atoms with Crippen LogP contribution in [0.4, 0.5) is 0 Å². The summed E-state index contributed by atoms with van der Waals surface area (Å²) in [5, 5.41) is 10.7. The second-order valence-corrected chi connectivity index (χ2v) is 11.9. The van der Waals surface area contributed by atoms with E-state index in [4.69, 9.17) is 0 Å². The molecule has 0 heterocycles. The summed E-state index contributed by atoms with van der Waals surface area (Å²) in [4.78, 5) is 0. The molecule has 0 bridgehead atoms. The van der Waals surface area contributed by atoms with Gasteiger partial charge in [0.05, 0.1) is 5.60 Å². The SMILES string of the molecule is Cc1cccc(CC[C@H]2CC[C@H]3C4=CC=C5C[C@@](C)(O)CC[C@]5(C)[C@H]4CC[C@]23C)c1. The standard InChI is InChI=1S/C29H40O/c1-20-6-5-7-21(18-20)8-9-22-11-13-25-24-12-10-23-19-27(2,30)16-17-29(23,4)26(24)14-15-28(22,25)3/h5-7,10,12,18,22,25-26,30H,8-9,11,13-17,19H2,1-4H3/t22-,25-,26-,27-,28+,29-/m0/s1. The summed E-state index contributed by atoms with van der Waals surface area (Å²) in [5.41, 5.74) is 6.45. The Morgan fingerprint density at radius 2 is 1.80 bits per heavy atom. The molecule has 6 atom stereocenters. The molecule has 0 aromatic heterocycles. The van der Waals surface area contributed by atoms with E-state index in [1.807, 2.05) is 6.92 Å². The third-order valence-corrected chi connectivity index (χ3v) is 9.91. The van der Waals surface area contributed by atoms with Crippen LogP contribution in [0.3, 0.4) is 0 Å². The van der Waals surface area contributed by atoms with Gasteiger partial charge >= 0.3 is 0 Å². The Morgan fingerprint density at radius 3 is 2.60 bits per heavy atom. The van der Waals surface area contributed by atoms with Gasteiger partial charge < -0.3 is 5.11 Å². The lowest BCUT2D eigenvalue weighted by Gasteiger charge is -2.55. The molecule has 0 amide bonds. The zero-order valence-electron chi connectivity index (χ0n) is 19.5. The molecule has 1 nitrogen and oxygen atoms in total. The Hall–Kier alpha value is -1.34. The molecule has 0 saturated heterocycles. The predicted octanol–water partition coefficient (Wildman–Crippen LogP) is 7.18. The van der Waals surface area contributed by atoms with E-state index in [0.717, 1.165) is 31.1 Å². The normalized spacial score (nSPS) is 42.6. The fraction of sp³-hybridized carbons (Fsp3) is 0.655. The van der Waals surface area contributed by atoms with Crippen molar-refractivity contribution in [2.45, 2.75) is 91.1 Å². The average Bonchev–Trinajstić information content (AvgIpc) is 3.03. The van der Waals surface area contributed by atoms with Gasteiger partial charge in [-0.3, -0.25) is 0 Å². The highest BCUT2D eigenvalue weighted by molar-refractivity contribution is 5.39. The van der Waals surface area contributed by atoms with Crippen molar-refractivity contribution in [2.75, 3.05) is 0 Å². The van der Waals surface area contributed by atoms with Crippen molar-refractivity contribution in [1.29, 1.82) is 0 Å². The predicted molar refractivity (Wildman–Crippen MR) is 125 cm³/mol. The van der Waals surface area contributed by atoms with Crippen LogP contribution in [0.15, 0.2) is 47.6 Å². The Balaban J connectivity index is 1.37. The maximum Gasteiger partial charge on any atom is 0.0657 e. The van der Waals surface area contributed by atoms with Crippen LogP contribution in [-0.4, -0.2) is 10.7 Å². The summed E-state index contributed by atoms with van der Waals surface area (Å²) in [6.45, 7) is 9.37. The molecule has 4 aliphatic rings. The van der Waals surface area contributed by atoms with Crippen LogP contribution >= 0.6 is 0 Å². The summed E-state index contributed by atoms with van der Waals surface area (Å²) < 4.78 is 0. The number of aryl methyl sites for hydroxylation is 2. The number of hydrogen-bond acceptors (Lipinski definition) is 1. The van der Waals surface area contributed by atoms with Gasteiger partial charge in [0.1, 0.15) is 0 Å². The number of hydrogen-bond donors (Lipinski definition) is 1. The van der Waals surface area contributed by atoms with E-state index >= 15 is 0 Å². The Labute approximate surface area is 183 Å². The molecule has 3 saturated carbocycles. The van der Waals surface area contributed by atoms with Gasteiger partial charge in [0.15, 0.2) is 0 Å². The summed E-state index contributed by atoms with van der Waals surface area (Å²) in [6.07, 6.45) is 16.0. The molecular weight excluding hydrogens is 364 g/mol. The smallest absolute Gasteiger partial charge is 0.0657 e. The van der Waals surface area contributed by atoms with Gasteiger partial charge in [-0.05, 0) is 106 Å². The van der Waals surface area contributed by atoms with E-state index in [1.165, 1.54) is 55.2 Å². The van der Waals surface area contributed by atoms with Crippen LogP contribution in [0.2, 0.25) is 0 Å². The lowest BCUT2D eigenvalue weighted by atomic mass is 9.49. The molecule has 0 aliphatic heterocycles. The Kier molecular flexibility index (Phi) is 4.86. The molecule has 0 radical (unpaired) electrons. The third-order valence-electron chi connectivity index (χ3n) is 9.91. The Bertz CT molecular complexity index is 889. The zero-order valence-corrected chi connectivity index (χ0v) is 19.5. The van der Waals surface area contributed by atoms with Crippen molar-refractivity contribution >= 4 is 0 Å². The van der Waals surface area contributed by atoms with Gasteiger partial charge in [0.2, 0.25) is 0 Å². The van der Waals surface area contributed by atoms with Crippen LogP contribution in [0.25, 0.3) is 0 Å². The highest BCUT2D eigenvalue weighted by Crippen LogP contribution is 2.65. The fourth-order valence-corrected chi connectivity index (χ4v) is 7.94. The number of allylic oxidation sites excluding steroid dienone is 3. The third kappa shape index (κ3) is 3.24. The molecule has 3 fully saturated rings. The fourth-order valence-electron chi connectivity index (χ4n) is 7.94. The van der Waals surface area contributed by atoms with Crippen molar-refractivity contribution < 1.29 is 5.11 Å². The maximum atomic E-state index is 10.7. The van der Waals surface area contributed by atoms with Gasteiger partial charge in [-0.2, -0.15) is 0 Å². The highest BCUT2D eigenvalue weighted by atomic mass is 16.3. The van der Waals surface area contributed by atoms with Crippen LogP contribution in [0.5, 0.6) is 0 Å². The first kappa shape index (κ1) is 20.6. The van der Waals surface area contributed by atoms with Crippen molar-refractivity contribution in [3.8, 4) is 0 Å². The highest BCUT2D eigenvalue weighted by Gasteiger charge is 2.56. The monoisotopic (exact) mass is 404 g/mol.